The Hall–Kier alpha value is -3.17. The molecule has 6 heterocycles. The van der Waals surface area contributed by atoms with Crippen molar-refractivity contribution < 1.29 is 4.79 Å². The van der Waals surface area contributed by atoms with Crippen LogP contribution in [0.15, 0.2) is 36.7 Å². The second kappa shape index (κ2) is 8.25. The number of carbonyl (C=O) groups excluding carboxylic acids is 1. The minimum absolute atomic E-state index is 0.124. The lowest BCUT2D eigenvalue weighted by Gasteiger charge is -2.34. The van der Waals surface area contributed by atoms with E-state index in [0.29, 0.717) is 17.9 Å². The van der Waals surface area contributed by atoms with Crippen LogP contribution in [0.1, 0.15) is 53.5 Å². The number of amides is 1. The number of hydrogen-bond acceptors (Lipinski definition) is 6. The molecule has 0 radical (unpaired) electrons. The highest BCUT2D eigenvalue weighted by atomic mass is 35.5. The fraction of sp³-hybridized carbons (Fsp3) is 0.417. The first-order valence-electron chi connectivity index (χ1n) is 11.8. The first-order chi connectivity index (χ1) is 16.5. The minimum atomic E-state index is -0.141. The SMILES string of the molecule is Cc1cn2nc([C@@H]3CCCCN3C(=O)c3c(Cl)nc4ccccn34)cc2nc1N1CC[C@H](N)C1. The molecule has 4 aromatic rings. The van der Waals surface area contributed by atoms with Gasteiger partial charge >= 0.3 is 0 Å². The predicted octanol–water partition coefficient (Wildman–Crippen LogP) is 3.24. The fourth-order valence-corrected chi connectivity index (χ4v) is 5.52. The van der Waals surface area contributed by atoms with Gasteiger partial charge in [-0.25, -0.2) is 14.5 Å². The molecule has 6 rings (SSSR count). The van der Waals surface area contributed by atoms with Crippen LogP contribution in [0.25, 0.3) is 11.3 Å². The lowest BCUT2D eigenvalue weighted by atomic mass is 9.99. The Kier molecular flexibility index (Phi) is 5.18. The maximum atomic E-state index is 13.7. The number of likely N-dealkylation sites (tertiary alicyclic amines) is 1. The van der Waals surface area contributed by atoms with E-state index in [1.165, 1.54) is 0 Å². The zero-order valence-corrected chi connectivity index (χ0v) is 19.8. The normalized spacial score (nSPS) is 21.1. The molecule has 10 heteroatoms. The molecule has 2 N–H and O–H groups in total. The van der Waals surface area contributed by atoms with Crippen LogP contribution in [0.4, 0.5) is 5.82 Å². The van der Waals surface area contributed by atoms with Crippen LogP contribution >= 0.6 is 11.6 Å². The zero-order chi connectivity index (χ0) is 23.4. The number of aryl methyl sites for hydroxylation is 1. The Labute approximate surface area is 202 Å². The van der Waals surface area contributed by atoms with Crippen molar-refractivity contribution in [3.05, 3.63) is 58.8 Å². The van der Waals surface area contributed by atoms with Crippen LogP contribution in [-0.4, -0.2) is 60.5 Å². The molecule has 1 amide bonds. The van der Waals surface area contributed by atoms with Gasteiger partial charge in [0.1, 0.15) is 11.5 Å². The summed E-state index contributed by atoms with van der Waals surface area (Å²) in [4.78, 5) is 27.1. The molecular weight excluding hydrogens is 452 g/mol. The predicted molar refractivity (Wildman–Crippen MR) is 130 cm³/mol. The number of anilines is 1. The maximum absolute atomic E-state index is 13.7. The van der Waals surface area contributed by atoms with E-state index in [1.54, 1.807) is 4.40 Å². The molecule has 2 aliphatic heterocycles. The van der Waals surface area contributed by atoms with E-state index in [4.69, 9.17) is 27.4 Å². The average molecular weight is 479 g/mol. The molecule has 4 aromatic heterocycles. The largest absolute Gasteiger partial charge is 0.355 e. The second-order valence-corrected chi connectivity index (χ2v) is 9.66. The van der Waals surface area contributed by atoms with E-state index in [2.05, 4.69) is 16.8 Å². The number of aromatic nitrogens is 5. The van der Waals surface area contributed by atoms with Crippen molar-refractivity contribution in [2.24, 2.45) is 5.73 Å². The molecular formula is C24H27ClN8O. The molecule has 9 nitrogen and oxygen atoms in total. The van der Waals surface area contributed by atoms with E-state index < -0.39 is 0 Å². The van der Waals surface area contributed by atoms with Gasteiger partial charge in [0.25, 0.3) is 5.91 Å². The molecule has 2 aliphatic rings. The van der Waals surface area contributed by atoms with E-state index in [1.807, 2.05) is 46.1 Å². The Morgan fingerprint density at radius 3 is 2.85 bits per heavy atom. The molecule has 2 atom stereocenters. The van der Waals surface area contributed by atoms with E-state index in [9.17, 15) is 4.79 Å². The summed E-state index contributed by atoms with van der Waals surface area (Å²) in [6, 6.07) is 7.65. The minimum Gasteiger partial charge on any atom is -0.355 e. The fourth-order valence-electron chi connectivity index (χ4n) is 5.26. The van der Waals surface area contributed by atoms with Crippen LogP contribution < -0.4 is 10.6 Å². The molecule has 0 bridgehead atoms. The lowest BCUT2D eigenvalue weighted by molar-refractivity contribution is 0.0598. The van der Waals surface area contributed by atoms with Crippen molar-refractivity contribution >= 4 is 34.6 Å². The van der Waals surface area contributed by atoms with Crippen LogP contribution in [0, 0.1) is 6.92 Å². The van der Waals surface area contributed by atoms with Gasteiger partial charge in [0.2, 0.25) is 0 Å². The third kappa shape index (κ3) is 3.50. The summed E-state index contributed by atoms with van der Waals surface area (Å²) in [6.45, 7) is 4.43. The Balaban J connectivity index is 1.36. The van der Waals surface area contributed by atoms with E-state index in [-0.39, 0.29) is 23.1 Å². The van der Waals surface area contributed by atoms with Gasteiger partial charge in [-0.2, -0.15) is 5.10 Å². The maximum Gasteiger partial charge on any atom is 0.274 e. The molecule has 2 saturated heterocycles. The number of imidazole rings is 1. The summed E-state index contributed by atoms with van der Waals surface area (Å²) in [5, 5.41) is 5.06. The van der Waals surface area contributed by atoms with Crippen LogP contribution in [0.3, 0.4) is 0 Å². The number of pyridine rings is 1. The Bertz CT molecular complexity index is 1390. The monoisotopic (exact) mass is 478 g/mol. The van der Waals surface area contributed by atoms with Gasteiger partial charge in [-0.3, -0.25) is 9.20 Å². The van der Waals surface area contributed by atoms with Gasteiger partial charge in [-0.15, -0.1) is 0 Å². The number of hydrogen-bond donors (Lipinski definition) is 1. The molecule has 0 aromatic carbocycles. The first kappa shape index (κ1) is 21.4. The van der Waals surface area contributed by atoms with Gasteiger partial charge in [0, 0.05) is 49.7 Å². The van der Waals surface area contributed by atoms with Gasteiger partial charge in [0.15, 0.2) is 16.5 Å². The van der Waals surface area contributed by atoms with Crippen molar-refractivity contribution in [1.29, 1.82) is 0 Å². The summed E-state index contributed by atoms with van der Waals surface area (Å²) in [7, 11) is 0. The Morgan fingerprint density at radius 1 is 1.15 bits per heavy atom. The van der Waals surface area contributed by atoms with Crippen molar-refractivity contribution in [1.82, 2.24) is 28.9 Å². The van der Waals surface area contributed by atoms with Gasteiger partial charge < -0.3 is 15.5 Å². The molecule has 0 aliphatic carbocycles. The smallest absolute Gasteiger partial charge is 0.274 e. The molecule has 0 unspecified atom stereocenters. The number of fused-ring (bicyclic) bond motifs is 2. The lowest BCUT2D eigenvalue weighted by Crippen LogP contribution is -2.39. The van der Waals surface area contributed by atoms with Crippen molar-refractivity contribution in [2.75, 3.05) is 24.5 Å². The highest BCUT2D eigenvalue weighted by Gasteiger charge is 2.33. The molecule has 176 valence electrons. The highest BCUT2D eigenvalue weighted by Crippen LogP contribution is 2.34. The molecule has 0 saturated carbocycles. The van der Waals surface area contributed by atoms with Crippen LogP contribution in [0.2, 0.25) is 5.15 Å². The summed E-state index contributed by atoms with van der Waals surface area (Å²) in [5.41, 5.74) is 9.86. The molecule has 0 spiro atoms. The third-order valence-corrected chi connectivity index (χ3v) is 7.21. The summed E-state index contributed by atoms with van der Waals surface area (Å²) < 4.78 is 3.58. The quantitative estimate of drug-likeness (QED) is 0.485. The number of halogens is 1. The zero-order valence-electron chi connectivity index (χ0n) is 19.1. The standard InChI is InChI=1S/C24H27ClN8O/c1-15-13-33-20(28-23(15)30-11-8-16(26)14-30)12-17(29-33)18-6-2-4-9-31(18)24(34)21-22(25)27-19-7-3-5-10-32(19)21/h3,5,7,10,12-13,16,18H,2,4,6,8-9,11,14,26H2,1H3/t16-,18-/m0/s1. The van der Waals surface area contributed by atoms with Gasteiger partial charge in [-0.1, -0.05) is 17.7 Å². The van der Waals surface area contributed by atoms with Crippen molar-refractivity contribution in [2.45, 2.75) is 44.7 Å². The number of nitrogens with zero attached hydrogens (tertiary/aromatic N) is 7. The number of carbonyl (C=O) groups is 1. The van der Waals surface area contributed by atoms with Crippen LogP contribution in [-0.2, 0) is 0 Å². The summed E-state index contributed by atoms with van der Waals surface area (Å²) in [5.74, 6) is 0.835. The van der Waals surface area contributed by atoms with Gasteiger partial charge in [0.05, 0.1) is 11.7 Å². The summed E-state index contributed by atoms with van der Waals surface area (Å²) >= 11 is 6.42. The number of rotatable bonds is 3. The van der Waals surface area contributed by atoms with E-state index in [0.717, 1.165) is 61.5 Å². The molecule has 2 fully saturated rings. The summed E-state index contributed by atoms with van der Waals surface area (Å²) in [6.07, 6.45) is 7.64. The second-order valence-electron chi connectivity index (χ2n) is 9.30. The number of piperidine rings is 1. The topological polar surface area (TPSA) is 97.1 Å². The highest BCUT2D eigenvalue weighted by molar-refractivity contribution is 6.32. The van der Waals surface area contributed by atoms with Crippen molar-refractivity contribution in [3.8, 4) is 0 Å². The van der Waals surface area contributed by atoms with E-state index >= 15 is 0 Å². The average Bonchev–Trinajstić information content (AvgIpc) is 3.53. The third-order valence-electron chi connectivity index (χ3n) is 6.94. The van der Waals surface area contributed by atoms with Crippen LogP contribution in [0.5, 0.6) is 0 Å². The number of nitrogens with two attached hydrogens (primary N) is 1. The Morgan fingerprint density at radius 2 is 2.03 bits per heavy atom. The van der Waals surface area contributed by atoms with Crippen molar-refractivity contribution in [3.63, 3.8) is 0 Å². The first-order valence-corrected chi connectivity index (χ1v) is 12.2. The molecule has 34 heavy (non-hydrogen) atoms. The van der Waals surface area contributed by atoms with Gasteiger partial charge in [-0.05, 0) is 44.7 Å².